The van der Waals surface area contributed by atoms with Gasteiger partial charge in [-0.05, 0) is 12.1 Å². The van der Waals surface area contributed by atoms with Crippen LogP contribution in [0.15, 0.2) is 35.8 Å². The number of alkyl halides is 1. The topological polar surface area (TPSA) is 34.4 Å². The van der Waals surface area contributed by atoms with E-state index in [1.807, 2.05) is 23.7 Å². The highest BCUT2D eigenvalue weighted by atomic mass is 35.5. The van der Waals surface area contributed by atoms with Crippen LogP contribution in [0.2, 0.25) is 5.02 Å². The molecular weight excluding hydrogens is 303 g/mol. The Balaban J connectivity index is 2.25. The number of rotatable bonds is 3. The van der Waals surface area contributed by atoms with Crippen LogP contribution in [-0.2, 0) is 0 Å². The first-order valence-electron chi connectivity index (χ1n) is 5.51. The molecule has 1 aromatic carbocycles. The summed E-state index contributed by atoms with van der Waals surface area (Å²) in [5.41, 5.74) is 2.02. The Labute approximate surface area is 123 Å². The van der Waals surface area contributed by atoms with Crippen LogP contribution in [0.3, 0.4) is 0 Å². The summed E-state index contributed by atoms with van der Waals surface area (Å²) in [6.07, 6.45) is 1.83. The molecule has 3 rings (SSSR count). The predicted octanol–water partition coefficient (Wildman–Crippen LogP) is 4.14. The number of carbonyl (C=O) groups excluding carboxylic acids is 1. The van der Waals surface area contributed by atoms with Gasteiger partial charge in [0.1, 0.15) is 11.4 Å². The number of Topliss-reactive ketones (excluding diaryl/α,β-unsaturated/α-hetero) is 1. The molecule has 2 aromatic heterocycles. The van der Waals surface area contributed by atoms with Crippen LogP contribution in [-0.4, -0.2) is 21.0 Å². The third-order valence-corrected chi connectivity index (χ3v) is 4.02. The summed E-state index contributed by atoms with van der Waals surface area (Å²) in [6, 6.07) is 7.25. The van der Waals surface area contributed by atoms with Gasteiger partial charge in [0.15, 0.2) is 10.7 Å². The highest BCUT2D eigenvalue weighted by molar-refractivity contribution is 7.15. The minimum atomic E-state index is -0.141. The Hall–Kier alpha value is -1.36. The van der Waals surface area contributed by atoms with Gasteiger partial charge in [0, 0.05) is 22.2 Å². The minimum Gasteiger partial charge on any atom is -0.291 e. The first kappa shape index (κ1) is 12.7. The highest BCUT2D eigenvalue weighted by Gasteiger charge is 2.20. The largest absolute Gasteiger partial charge is 0.291 e. The fraction of sp³-hybridized carbons (Fsp3) is 0.0769. The van der Waals surface area contributed by atoms with E-state index in [-0.39, 0.29) is 11.7 Å². The van der Waals surface area contributed by atoms with E-state index in [9.17, 15) is 4.79 Å². The van der Waals surface area contributed by atoms with Crippen molar-refractivity contribution >= 4 is 45.3 Å². The number of benzene rings is 1. The molecule has 3 aromatic rings. The van der Waals surface area contributed by atoms with Gasteiger partial charge in [0.05, 0.1) is 5.88 Å². The zero-order valence-corrected chi connectivity index (χ0v) is 12.0. The predicted molar refractivity (Wildman–Crippen MR) is 78.6 cm³/mol. The molecule has 0 fully saturated rings. The summed E-state index contributed by atoms with van der Waals surface area (Å²) in [4.78, 5) is 17.3. The molecule has 96 valence electrons. The maximum Gasteiger partial charge on any atom is 0.196 e. The lowest BCUT2D eigenvalue weighted by atomic mass is 10.1. The van der Waals surface area contributed by atoms with Crippen molar-refractivity contribution in [3.8, 4) is 11.3 Å². The molecule has 0 radical (unpaired) electrons. The average molecular weight is 311 g/mol. The van der Waals surface area contributed by atoms with Crippen molar-refractivity contribution in [2.24, 2.45) is 0 Å². The maximum absolute atomic E-state index is 12.0. The first-order chi connectivity index (χ1) is 9.20. The van der Waals surface area contributed by atoms with Gasteiger partial charge in [0.25, 0.3) is 0 Å². The van der Waals surface area contributed by atoms with Gasteiger partial charge in [-0.3, -0.25) is 9.20 Å². The third-order valence-electron chi connectivity index (χ3n) is 2.77. The SMILES string of the molecule is O=C(CCl)c1c(-c2ccc(Cl)cc2)nc2sccn12. The Kier molecular flexibility index (Phi) is 3.31. The van der Waals surface area contributed by atoms with E-state index in [2.05, 4.69) is 4.98 Å². The first-order valence-corrected chi connectivity index (χ1v) is 7.30. The second-order valence-electron chi connectivity index (χ2n) is 3.93. The number of halogens is 2. The summed E-state index contributed by atoms with van der Waals surface area (Å²) >= 11 is 13.0. The van der Waals surface area contributed by atoms with Gasteiger partial charge < -0.3 is 0 Å². The lowest BCUT2D eigenvalue weighted by molar-refractivity contribution is 0.101. The second-order valence-corrected chi connectivity index (χ2v) is 5.51. The van der Waals surface area contributed by atoms with Crippen LogP contribution < -0.4 is 0 Å². The number of ketones is 1. The molecule has 0 saturated carbocycles. The van der Waals surface area contributed by atoms with Crippen LogP contribution in [0.25, 0.3) is 16.2 Å². The van der Waals surface area contributed by atoms with E-state index in [4.69, 9.17) is 23.2 Å². The molecule has 0 aliphatic heterocycles. The summed E-state index contributed by atoms with van der Waals surface area (Å²) < 4.78 is 1.78. The molecule has 19 heavy (non-hydrogen) atoms. The molecule has 2 heterocycles. The van der Waals surface area contributed by atoms with E-state index >= 15 is 0 Å². The van der Waals surface area contributed by atoms with Gasteiger partial charge in [-0.2, -0.15) is 0 Å². The van der Waals surface area contributed by atoms with E-state index < -0.39 is 0 Å². The van der Waals surface area contributed by atoms with Gasteiger partial charge in [-0.1, -0.05) is 23.7 Å². The Morgan fingerprint density at radius 2 is 2.05 bits per heavy atom. The smallest absolute Gasteiger partial charge is 0.196 e. The molecule has 0 saturated heterocycles. The molecule has 3 nitrogen and oxygen atoms in total. The zero-order valence-electron chi connectivity index (χ0n) is 9.64. The number of fused-ring (bicyclic) bond motifs is 1. The van der Waals surface area contributed by atoms with Crippen LogP contribution in [0, 0.1) is 0 Å². The quantitative estimate of drug-likeness (QED) is 0.538. The molecule has 0 N–H and O–H groups in total. The minimum absolute atomic E-state index is 0.0652. The number of nitrogens with zero attached hydrogens (tertiary/aromatic N) is 2. The van der Waals surface area contributed by atoms with Crippen LogP contribution >= 0.6 is 34.5 Å². The van der Waals surface area contributed by atoms with E-state index in [1.165, 1.54) is 11.3 Å². The van der Waals surface area contributed by atoms with Crippen LogP contribution in [0.5, 0.6) is 0 Å². The van der Waals surface area contributed by atoms with Gasteiger partial charge >= 0.3 is 0 Å². The monoisotopic (exact) mass is 310 g/mol. The van der Waals surface area contributed by atoms with E-state index in [0.29, 0.717) is 16.4 Å². The number of thiazole rings is 1. The molecule has 6 heteroatoms. The van der Waals surface area contributed by atoms with Crippen LogP contribution in [0.4, 0.5) is 0 Å². The fourth-order valence-electron chi connectivity index (χ4n) is 1.92. The van der Waals surface area contributed by atoms with Crippen molar-refractivity contribution in [3.05, 3.63) is 46.6 Å². The Morgan fingerprint density at radius 1 is 1.32 bits per heavy atom. The molecule has 0 bridgehead atoms. The van der Waals surface area contributed by atoms with Crippen molar-refractivity contribution in [2.45, 2.75) is 0 Å². The lowest BCUT2D eigenvalue weighted by Gasteiger charge is -2.01. The molecule has 0 spiro atoms. The number of aromatic nitrogens is 2. The van der Waals surface area contributed by atoms with E-state index in [0.717, 1.165) is 10.5 Å². The average Bonchev–Trinajstić information content (AvgIpc) is 2.98. The van der Waals surface area contributed by atoms with Crippen molar-refractivity contribution in [2.75, 3.05) is 5.88 Å². The molecule has 0 atom stereocenters. The van der Waals surface area contributed by atoms with Gasteiger partial charge in [-0.15, -0.1) is 22.9 Å². The Bertz CT molecular complexity index is 746. The summed E-state index contributed by atoms with van der Waals surface area (Å²) in [5, 5.41) is 2.54. The van der Waals surface area contributed by atoms with Crippen molar-refractivity contribution < 1.29 is 4.79 Å². The number of hydrogen-bond donors (Lipinski definition) is 0. The fourth-order valence-corrected chi connectivity index (χ4v) is 2.89. The molecule has 0 aliphatic carbocycles. The highest BCUT2D eigenvalue weighted by Crippen LogP contribution is 2.28. The normalized spacial score (nSPS) is 11.1. The van der Waals surface area contributed by atoms with Crippen molar-refractivity contribution in [1.29, 1.82) is 0 Å². The number of imidazole rings is 1. The summed E-state index contributed by atoms with van der Waals surface area (Å²) in [7, 11) is 0. The number of carbonyl (C=O) groups is 1. The van der Waals surface area contributed by atoms with E-state index in [1.54, 1.807) is 16.5 Å². The van der Waals surface area contributed by atoms with Crippen molar-refractivity contribution in [3.63, 3.8) is 0 Å². The third kappa shape index (κ3) is 2.16. The van der Waals surface area contributed by atoms with Crippen molar-refractivity contribution in [1.82, 2.24) is 9.38 Å². The Morgan fingerprint density at radius 3 is 2.74 bits per heavy atom. The van der Waals surface area contributed by atoms with Gasteiger partial charge in [0.2, 0.25) is 0 Å². The lowest BCUT2D eigenvalue weighted by Crippen LogP contribution is -2.05. The second kappa shape index (κ2) is 4.96. The molecule has 0 amide bonds. The standard InChI is InChI=1S/C13H8Cl2N2OS/c14-7-10(18)12-11(8-1-3-9(15)4-2-8)16-13-17(12)5-6-19-13/h1-6H,7H2. The molecule has 0 unspecified atom stereocenters. The summed E-state index contributed by atoms with van der Waals surface area (Å²) in [5.74, 6) is -0.206. The van der Waals surface area contributed by atoms with Crippen LogP contribution in [0.1, 0.15) is 10.5 Å². The maximum atomic E-state index is 12.0. The summed E-state index contributed by atoms with van der Waals surface area (Å²) in [6.45, 7) is 0. The molecular formula is C13H8Cl2N2OS. The molecule has 0 aliphatic rings. The van der Waals surface area contributed by atoms with Gasteiger partial charge in [-0.25, -0.2) is 4.98 Å². The zero-order chi connectivity index (χ0) is 13.4. The number of hydrogen-bond acceptors (Lipinski definition) is 3.